The molecule has 16 heteroatoms. The molecule has 0 amide bonds. The van der Waals surface area contributed by atoms with Gasteiger partial charge in [0.15, 0.2) is 0 Å². The highest BCUT2D eigenvalue weighted by atomic mass is 32.2. The van der Waals surface area contributed by atoms with Gasteiger partial charge in [0.1, 0.15) is 0 Å². The maximum absolute atomic E-state index is 9.56. The second-order valence-electron chi connectivity index (χ2n) is 3.48. The lowest BCUT2D eigenvalue weighted by atomic mass is 11.0. The molecule has 0 aliphatic rings. The van der Waals surface area contributed by atoms with Crippen molar-refractivity contribution in [3.63, 3.8) is 0 Å². The van der Waals surface area contributed by atoms with E-state index in [9.17, 15) is 33.7 Å². The van der Waals surface area contributed by atoms with Crippen molar-refractivity contribution in [3.05, 3.63) is 0 Å². The van der Waals surface area contributed by atoms with Crippen LogP contribution in [0.5, 0.6) is 0 Å². The Labute approximate surface area is 150 Å². The quantitative estimate of drug-likeness (QED) is 0.417. The van der Waals surface area contributed by atoms with Crippen molar-refractivity contribution in [2.24, 2.45) is 0 Å². The molecular weight excluding hydrogens is 428 g/mol. The smallest absolute Gasteiger partial charge is 0.264 e. The van der Waals surface area contributed by atoms with Gasteiger partial charge in [-0.3, -0.25) is 18.2 Å². The van der Waals surface area contributed by atoms with Crippen LogP contribution in [0.4, 0.5) is 0 Å². The van der Waals surface area contributed by atoms with Crippen LogP contribution >= 0.6 is 0 Å². The summed E-state index contributed by atoms with van der Waals surface area (Å²) in [5.74, 6) is -0.806. The van der Waals surface area contributed by atoms with Gasteiger partial charge in [-0.2, -0.15) is 33.7 Å². The van der Waals surface area contributed by atoms with Crippen LogP contribution in [0.1, 0.15) is 35.1 Å². The van der Waals surface area contributed by atoms with Crippen molar-refractivity contribution in [2.45, 2.75) is 35.1 Å². The Hall–Kier alpha value is -0.360. The third-order valence-electron chi connectivity index (χ3n) is 1.46. The van der Waals surface area contributed by atoms with E-state index in [1.165, 1.54) is 27.7 Å². The van der Waals surface area contributed by atoms with Gasteiger partial charge in [0.05, 0.1) is 23.0 Å². The minimum absolute atomic E-state index is 0. The summed E-state index contributed by atoms with van der Waals surface area (Å²) in [7, 11) is -14.6. The van der Waals surface area contributed by atoms with Crippen LogP contribution in [0.25, 0.3) is 0 Å². The lowest BCUT2D eigenvalue weighted by Crippen LogP contribution is -1.97. The van der Waals surface area contributed by atoms with Crippen molar-refractivity contribution in [3.8, 4) is 0 Å². The van der Waals surface area contributed by atoms with E-state index in [2.05, 4.69) is 0 Å². The molecule has 25 heavy (non-hydrogen) atoms. The van der Waals surface area contributed by atoms with Gasteiger partial charge >= 0.3 is 0 Å². The van der Waals surface area contributed by atoms with Crippen LogP contribution in [0.15, 0.2) is 0 Å². The van der Waals surface area contributed by atoms with E-state index in [1.807, 2.05) is 0 Å². The lowest BCUT2D eigenvalue weighted by molar-refractivity contribution is 0.482. The Morgan fingerprint density at radius 2 is 0.480 bits per heavy atom. The first-order valence-corrected chi connectivity index (χ1v) is 12.5. The molecule has 160 valence electrons. The van der Waals surface area contributed by atoms with Gasteiger partial charge in [-0.15, -0.1) is 0 Å². The van der Waals surface area contributed by atoms with Crippen LogP contribution in [0, 0.1) is 0 Å². The largest absolute Gasteiger partial charge is 0.286 e. The number of hydrogen-bond acceptors (Lipinski definition) is 8. The van der Waals surface area contributed by atoms with Crippen molar-refractivity contribution < 1.29 is 51.9 Å². The first-order chi connectivity index (χ1) is 10.2. The van der Waals surface area contributed by atoms with Gasteiger partial charge in [0.25, 0.3) is 40.5 Å². The van der Waals surface area contributed by atoms with Crippen LogP contribution < -0.4 is 0 Å². The van der Waals surface area contributed by atoms with E-state index >= 15 is 0 Å². The maximum Gasteiger partial charge on any atom is 0.264 e. The summed E-state index contributed by atoms with van der Waals surface area (Å²) in [5, 5.41) is 0. The van der Waals surface area contributed by atoms with Gasteiger partial charge in [-0.25, -0.2) is 0 Å². The van der Waals surface area contributed by atoms with Crippen LogP contribution in [0.3, 0.4) is 0 Å². The zero-order valence-corrected chi connectivity index (χ0v) is 16.8. The molecular formula is C9H28O12S4. The third-order valence-corrected chi connectivity index (χ3v) is 4.38. The van der Waals surface area contributed by atoms with Crippen LogP contribution in [-0.2, 0) is 40.5 Å². The molecule has 0 aliphatic heterocycles. The standard InChI is InChI=1S/4C2H6O3S.CH4/c4*1-2-6(3,4)5;/h4*2H2,1H3,(H,3,4,5);1H4. The summed E-state index contributed by atoms with van der Waals surface area (Å²) in [4.78, 5) is 0. The minimum atomic E-state index is -3.66. The molecule has 0 saturated carbocycles. The Kier molecular flexibility index (Phi) is 22.6. The normalized spacial score (nSPS) is 11.2. The van der Waals surface area contributed by atoms with Gasteiger partial charge in [0, 0.05) is 0 Å². The topological polar surface area (TPSA) is 217 Å². The monoisotopic (exact) mass is 456 g/mol. The lowest BCUT2D eigenvalue weighted by Gasteiger charge is -1.79. The van der Waals surface area contributed by atoms with E-state index in [1.54, 1.807) is 0 Å². The summed E-state index contributed by atoms with van der Waals surface area (Å²) < 4.78 is 108. The molecule has 0 aromatic carbocycles. The molecule has 0 unspecified atom stereocenters. The zero-order chi connectivity index (χ0) is 20.8. The summed E-state index contributed by atoms with van der Waals surface area (Å²) in [6.45, 7) is 5.48. The van der Waals surface area contributed by atoms with Gasteiger partial charge in [-0.05, 0) is 27.7 Å². The molecule has 0 fully saturated rings. The van der Waals surface area contributed by atoms with Crippen molar-refractivity contribution in [1.82, 2.24) is 0 Å². The second kappa shape index (κ2) is 15.9. The SMILES string of the molecule is C.CCS(=O)(=O)O.CCS(=O)(=O)O.CCS(=O)(=O)O.CCS(=O)(=O)O. The Morgan fingerprint density at radius 1 is 0.440 bits per heavy atom. The average Bonchev–Trinajstić information content (AvgIpc) is 2.37. The average molecular weight is 457 g/mol. The van der Waals surface area contributed by atoms with Crippen LogP contribution in [0.2, 0.25) is 0 Å². The van der Waals surface area contributed by atoms with Gasteiger partial charge in [-0.1, -0.05) is 7.43 Å². The first kappa shape index (κ1) is 35.7. The maximum atomic E-state index is 9.56. The highest BCUT2D eigenvalue weighted by Crippen LogP contribution is 1.75. The summed E-state index contributed by atoms with van der Waals surface area (Å²) in [5.41, 5.74) is 0. The van der Waals surface area contributed by atoms with E-state index in [4.69, 9.17) is 18.2 Å². The zero-order valence-electron chi connectivity index (χ0n) is 13.5. The molecule has 0 spiro atoms. The molecule has 0 aliphatic carbocycles. The second-order valence-corrected chi connectivity index (χ2v) is 10.4. The molecule has 0 rings (SSSR count). The Balaban J connectivity index is -0.0000000702. The summed E-state index contributed by atoms with van der Waals surface area (Å²) >= 11 is 0. The highest BCUT2D eigenvalue weighted by molar-refractivity contribution is 7.86. The first-order valence-electron chi connectivity index (χ1n) is 6.05. The van der Waals surface area contributed by atoms with Crippen LogP contribution in [-0.4, -0.2) is 74.9 Å². The molecule has 0 saturated heterocycles. The fourth-order valence-electron chi connectivity index (χ4n) is 0. The molecule has 0 heterocycles. The molecule has 0 aromatic rings. The van der Waals surface area contributed by atoms with Gasteiger partial charge in [0.2, 0.25) is 0 Å². The summed E-state index contributed by atoms with van der Waals surface area (Å²) in [6.07, 6.45) is 0. The van der Waals surface area contributed by atoms with Gasteiger partial charge < -0.3 is 0 Å². The molecule has 4 N–H and O–H groups in total. The molecule has 0 radical (unpaired) electrons. The Morgan fingerprint density at radius 3 is 0.480 bits per heavy atom. The summed E-state index contributed by atoms with van der Waals surface area (Å²) in [6, 6.07) is 0. The van der Waals surface area contributed by atoms with E-state index in [0.717, 1.165) is 0 Å². The predicted molar refractivity (Wildman–Crippen MR) is 95.1 cm³/mol. The molecule has 12 nitrogen and oxygen atoms in total. The molecule has 0 atom stereocenters. The molecule has 0 bridgehead atoms. The van der Waals surface area contributed by atoms with Crippen molar-refractivity contribution in [1.29, 1.82) is 0 Å². The Bertz CT molecular complexity index is 573. The fourth-order valence-corrected chi connectivity index (χ4v) is 0. The number of hydrogen-bond donors (Lipinski definition) is 4. The highest BCUT2D eigenvalue weighted by Gasteiger charge is 1.94. The van der Waals surface area contributed by atoms with E-state index in [-0.39, 0.29) is 30.4 Å². The fraction of sp³-hybridized carbons (Fsp3) is 1.00. The third kappa shape index (κ3) is 81.7. The number of rotatable bonds is 4. The predicted octanol–water partition coefficient (Wildman–Crippen LogP) is 0.213. The van der Waals surface area contributed by atoms with E-state index in [0.29, 0.717) is 0 Å². The van der Waals surface area contributed by atoms with Crippen molar-refractivity contribution >= 4 is 40.5 Å². The van der Waals surface area contributed by atoms with Crippen molar-refractivity contribution in [2.75, 3.05) is 23.0 Å². The molecule has 0 aromatic heterocycles. The minimum Gasteiger partial charge on any atom is -0.286 e. The van der Waals surface area contributed by atoms with E-state index < -0.39 is 40.5 Å².